The van der Waals surface area contributed by atoms with Crippen LogP contribution in [0.3, 0.4) is 0 Å². The van der Waals surface area contributed by atoms with Crippen molar-refractivity contribution in [2.24, 2.45) is 5.14 Å². The van der Waals surface area contributed by atoms with Gasteiger partial charge in [-0.15, -0.1) is 11.3 Å². The zero-order chi connectivity index (χ0) is 17.2. The van der Waals surface area contributed by atoms with E-state index in [1.165, 1.54) is 23.5 Å². The molecule has 0 radical (unpaired) electrons. The number of nitrogens with two attached hydrogens (primary N) is 1. The Bertz CT molecular complexity index is 940. The van der Waals surface area contributed by atoms with Crippen molar-refractivity contribution in [1.29, 1.82) is 0 Å². The minimum atomic E-state index is -3.71. The van der Waals surface area contributed by atoms with Crippen LogP contribution in [0.2, 0.25) is 0 Å². The van der Waals surface area contributed by atoms with Gasteiger partial charge in [0, 0.05) is 29.0 Å². The molecule has 1 aromatic carbocycles. The molecule has 0 saturated heterocycles. The predicted molar refractivity (Wildman–Crippen MR) is 93.3 cm³/mol. The summed E-state index contributed by atoms with van der Waals surface area (Å²) in [7, 11) is -3.71. The molecule has 24 heavy (non-hydrogen) atoms. The maximum Gasteiger partial charge on any atom is 0.238 e. The summed E-state index contributed by atoms with van der Waals surface area (Å²) in [6.07, 6.45) is 3.39. The Balaban J connectivity index is 1.80. The van der Waals surface area contributed by atoms with E-state index in [-0.39, 0.29) is 4.90 Å². The molecule has 0 fully saturated rings. The minimum Gasteiger partial charge on any atom is -0.324 e. The zero-order valence-corrected chi connectivity index (χ0v) is 14.2. The summed E-state index contributed by atoms with van der Waals surface area (Å²) in [5.74, 6) is 1.02. The first kappa shape index (κ1) is 16.3. The Morgan fingerprint density at radius 2 is 1.88 bits per heavy atom. The molecule has 0 aliphatic rings. The Morgan fingerprint density at radius 3 is 2.50 bits per heavy atom. The molecule has 0 aliphatic carbocycles. The molecule has 0 saturated carbocycles. The molecule has 0 amide bonds. The van der Waals surface area contributed by atoms with Gasteiger partial charge in [-0.1, -0.05) is 0 Å². The van der Waals surface area contributed by atoms with Gasteiger partial charge in [-0.2, -0.15) is 4.98 Å². The van der Waals surface area contributed by atoms with E-state index in [0.29, 0.717) is 17.5 Å². The van der Waals surface area contributed by atoms with Gasteiger partial charge in [0.05, 0.1) is 4.90 Å². The molecule has 0 atom stereocenters. The van der Waals surface area contributed by atoms with Crippen LogP contribution < -0.4 is 15.8 Å². The fraction of sp³-hybridized carbons (Fsp3) is 0.0714. The number of hydrogen-bond acceptors (Lipinski definition) is 8. The summed E-state index contributed by atoms with van der Waals surface area (Å²) in [5, 5.41) is 13.8. The van der Waals surface area contributed by atoms with Crippen LogP contribution in [0.5, 0.6) is 0 Å². The van der Waals surface area contributed by atoms with E-state index in [1.807, 2.05) is 12.3 Å². The molecule has 2 aromatic heterocycles. The number of aromatic nitrogens is 3. The second-order valence-electron chi connectivity index (χ2n) is 4.88. The van der Waals surface area contributed by atoms with Gasteiger partial charge in [-0.05, 0) is 31.2 Å². The van der Waals surface area contributed by atoms with Crippen LogP contribution in [0.25, 0.3) is 0 Å². The number of thiazole rings is 1. The predicted octanol–water partition coefficient (Wildman–Crippen LogP) is 2.38. The third-order valence-electron chi connectivity index (χ3n) is 3.07. The molecule has 0 unspecified atom stereocenters. The molecule has 3 aromatic rings. The SMILES string of the molecule is Cc1cnc(Nc2ccc(S(N)(=O)=O)cc2)nc1Nc1nccs1. The smallest absolute Gasteiger partial charge is 0.238 e. The monoisotopic (exact) mass is 362 g/mol. The summed E-state index contributed by atoms with van der Waals surface area (Å²) in [6.45, 7) is 1.89. The molecule has 3 rings (SSSR count). The second kappa shape index (κ2) is 6.51. The number of nitrogens with one attached hydrogen (secondary N) is 2. The highest BCUT2D eigenvalue weighted by atomic mass is 32.2. The van der Waals surface area contributed by atoms with Gasteiger partial charge >= 0.3 is 0 Å². The molecule has 0 aliphatic heterocycles. The lowest BCUT2D eigenvalue weighted by Gasteiger charge is -2.09. The average molecular weight is 362 g/mol. The lowest BCUT2D eigenvalue weighted by Crippen LogP contribution is -2.11. The summed E-state index contributed by atoms with van der Waals surface area (Å²) >= 11 is 1.47. The number of rotatable bonds is 5. The van der Waals surface area contributed by atoms with Gasteiger partial charge in [0.1, 0.15) is 5.82 Å². The van der Waals surface area contributed by atoms with Crippen LogP contribution in [0.4, 0.5) is 22.6 Å². The summed E-state index contributed by atoms with van der Waals surface area (Å²) in [5.41, 5.74) is 1.52. The van der Waals surface area contributed by atoms with E-state index in [1.54, 1.807) is 24.5 Å². The Kier molecular flexibility index (Phi) is 4.42. The van der Waals surface area contributed by atoms with Crippen LogP contribution in [0.15, 0.2) is 46.9 Å². The number of aryl methyl sites for hydroxylation is 1. The largest absolute Gasteiger partial charge is 0.324 e. The molecular weight excluding hydrogens is 348 g/mol. The molecule has 0 spiro atoms. The second-order valence-corrected chi connectivity index (χ2v) is 7.34. The maximum atomic E-state index is 11.3. The fourth-order valence-corrected chi connectivity index (χ4v) is 2.92. The topological polar surface area (TPSA) is 123 Å². The highest BCUT2D eigenvalue weighted by Gasteiger charge is 2.09. The number of sulfonamides is 1. The fourth-order valence-electron chi connectivity index (χ4n) is 1.87. The van der Waals surface area contributed by atoms with E-state index in [4.69, 9.17) is 5.14 Å². The van der Waals surface area contributed by atoms with Crippen molar-refractivity contribution in [3.8, 4) is 0 Å². The summed E-state index contributed by atoms with van der Waals surface area (Å²) in [4.78, 5) is 12.8. The number of anilines is 4. The molecular formula is C14H14N6O2S2. The van der Waals surface area contributed by atoms with E-state index >= 15 is 0 Å². The van der Waals surface area contributed by atoms with Gasteiger partial charge in [0.25, 0.3) is 0 Å². The van der Waals surface area contributed by atoms with Crippen LogP contribution in [0, 0.1) is 6.92 Å². The molecule has 10 heteroatoms. The van der Waals surface area contributed by atoms with E-state index in [9.17, 15) is 8.42 Å². The first-order valence-corrected chi connectivity index (χ1v) is 9.24. The standard InChI is InChI=1S/C14H14N6O2S2/c1-9-8-17-13(19-12(9)20-14-16-6-7-23-14)18-10-2-4-11(5-3-10)24(15,21)22/h2-8H,1H3,(H2,15,21,22)(H2,16,17,18,19,20). The third-order valence-corrected chi connectivity index (χ3v) is 4.69. The summed E-state index contributed by atoms with van der Waals surface area (Å²) in [6, 6.07) is 6.02. The molecule has 124 valence electrons. The van der Waals surface area contributed by atoms with Crippen molar-refractivity contribution in [1.82, 2.24) is 15.0 Å². The first-order valence-electron chi connectivity index (χ1n) is 6.82. The van der Waals surface area contributed by atoms with Gasteiger partial charge in [0.15, 0.2) is 5.13 Å². The van der Waals surface area contributed by atoms with Crippen molar-refractivity contribution in [3.05, 3.63) is 47.6 Å². The van der Waals surface area contributed by atoms with Crippen LogP contribution in [-0.2, 0) is 10.0 Å². The molecule has 2 heterocycles. The van der Waals surface area contributed by atoms with Crippen molar-refractivity contribution in [2.45, 2.75) is 11.8 Å². The zero-order valence-electron chi connectivity index (χ0n) is 12.6. The van der Waals surface area contributed by atoms with Crippen molar-refractivity contribution >= 4 is 43.9 Å². The van der Waals surface area contributed by atoms with Crippen LogP contribution >= 0.6 is 11.3 Å². The highest BCUT2D eigenvalue weighted by Crippen LogP contribution is 2.22. The minimum absolute atomic E-state index is 0.0454. The van der Waals surface area contributed by atoms with Crippen LogP contribution in [-0.4, -0.2) is 23.4 Å². The lowest BCUT2D eigenvalue weighted by atomic mass is 10.3. The van der Waals surface area contributed by atoms with Crippen molar-refractivity contribution in [2.75, 3.05) is 10.6 Å². The molecule has 8 nitrogen and oxygen atoms in total. The van der Waals surface area contributed by atoms with E-state index in [2.05, 4.69) is 25.6 Å². The van der Waals surface area contributed by atoms with Crippen LogP contribution in [0.1, 0.15) is 5.56 Å². The quantitative estimate of drug-likeness (QED) is 0.636. The summed E-state index contributed by atoms with van der Waals surface area (Å²) < 4.78 is 22.5. The molecule has 4 N–H and O–H groups in total. The highest BCUT2D eigenvalue weighted by molar-refractivity contribution is 7.89. The van der Waals surface area contributed by atoms with E-state index in [0.717, 1.165) is 10.7 Å². The van der Waals surface area contributed by atoms with Gasteiger partial charge in [0.2, 0.25) is 16.0 Å². The van der Waals surface area contributed by atoms with Crippen molar-refractivity contribution in [3.63, 3.8) is 0 Å². The Morgan fingerprint density at radius 1 is 1.12 bits per heavy atom. The Labute approximate surface area is 142 Å². The van der Waals surface area contributed by atoms with Gasteiger partial charge in [-0.3, -0.25) is 0 Å². The van der Waals surface area contributed by atoms with Gasteiger partial charge < -0.3 is 10.6 Å². The number of hydrogen-bond donors (Lipinski definition) is 3. The average Bonchev–Trinajstić information content (AvgIpc) is 3.03. The Hall–Kier alpha value is -2.56. The number of nitrogens with zero attached hydrogens (tertiary/aromatic N) is 3. The van der Waals surface area contributed by atoms with Crippen molar-refractivity contribution < 1.29 is 8.42 Å². The number of benzene rings is 1. The normalized spacial score (nSPS) is 11.2. The third kappa shape index (κ3) is 3.85. The molecule has 0 bridgehead atoms. The lowest BCUT2D eigenvalue weighted by molar-refractivity contribution is 0.598. The maximum absolute atomic E-state index is 11.3. The first-order chi connectivity index (χ1) is 11.4. The van der Waals surface area contributed by atoms with E-state index < -0.39 is 10.0 Å². The number of primary sulfonamides is 1. The van der Waals surface area contributed by atoms with Gasteiger partial charge in [-0.25, -0.2) is 23.5 Å².